The number of ether oxygens (including phenoxy) is 1. The highest BCUT2D eigenvalue weighted by Gasteiger charge is 2.08. The van der Waals surface area contributed by atoms with Crippen LogP contribution in [0, 0.1) is 0 Å². The van der Waals surface area contributed by atoms with Crippen LogP contribution in [0.4, 0.5) is 5.69 Å². The van der Waals surface area contributed by atoms with E-state index >= 15 is 0 Å². The number of nitrogens with one attached hydrogen (secondary N) is 2. The summed E-state index contributed by atoms with van der Waals surface area (Å²) in [5, 5.41) is 5.94. The quantitative estimate of drug-likeness (QED) is 0.368. The van der Waals surface area contributed by atoms with Crippen molar-refractivity contribution in [2.24, 2.45) is 0 Å². The van der Waals surface area contributed by atoms with Crippen LogP contribution in [0.15, 0.2) is 53.0 Å². The van der Waals surface area contributed by atoms with E-state index in [0.29, 0.717) is 5.56 Å². The SMILES string of the molecule is CCCCCCCOc1ccc(NC(=S)NC(=O)c2ccc(Br)cc2)cc1. The Bertz CT molecular complexity index is 733. The Morgan fingerprint density at radius 1 is 1.00 bits per heavy atom. The van der Waals surface area contributed by atoms with Crippen LogP contribution in [-0.4, -0.2) is 17.6 Å². The summed E-state index contributed by atoms with van der Waals surface area (Å²) in [6.07, 6.45) is 6.09. The van der Waals surface area contributed by atoms with Gasteiger partial charge in [0.05, 0.1) is 6.61 Å². The Morgan fingerprint density at radius 3 is 2.33 bits per heavy atom. The Hall–Kier alpha value is -1.92. The highest BCUT2D eigenvalue weighted by atomic mass is 79.9. The van der Waals surface area contributed by atoms with Crippen molar-refractivity contribution in [1.82, 2.24) is 5.32 Å². The minimum Gasteiger partial charge on any atom is -0.494 e. The maximum Gasteiger partial charge on any atom is 0.257 e. The molecule has 0 saturated carbocycles. The van der Waals surface area contributed by atoms with Crippen LogP contribution in [0.25, 0.3) is 0 Å². The van der Waals surface area contributed by atoms with Crippen LogP contribution in [0.5, 0.6) is 5.75 Å². The summed E-state index contributed by atoms with van der Waals surface area (Å²) in [6.45, 7) is 2.95. The first-order valence-corrected chi connectivity index (χ1v) is 10.4. The van der Waals surface area contributed by atoms with Crippen LogP contribution in [0.2, 0.25) is 0 Å². The van der Waals surface area contributed by atoms with Gasteiger partial charge in [-0.15, -0.1) is 0 Å². The number of halogens is 1. The number of hydrogen-bond donors (Lipinski definition) is 2. The van der Waals surface area contributed by atoms with Crippen molar-refractivity contribution in [2.75, 3.05) is 11.9 Å². The lowest BCUT2D eigenvalue weighted by Crippen LogP contribution is -2.34. The number of unbranched alkanes of at least 4 members (excludes halogenated alkanes) is 4. The number of carbonyl (C=O) groups is 1. The number of amides is 1. The van der Waals surface area contributed by atoms with Crippen molar-refractivity contribution < 1.29 is 9.53 Å². The fraction of sp³-hybridized carbons (Fsp3) is 0.333. The Balaban J connectivity index is 1.74. The summed E-state index contributed by atoms with van der Waals surface area (Å²) < 4.78 is 6.66. The highest BCUT2D eigenvalue weighted by molar-refractivity contribution is 9.10. The number of carbonyl (C=O) groups excluding carboxylic acids is 1. The molecular formula is C21H25BrN2O2S. The van der Waals surface area contributed by atoms with Gasteiger partial charge in [-0.2, -0.15) is 0 Å². The van der Waals surface area contributed by atoms with Gasteiger partial charge in [-0.05, 0) is 67.2 Å². The lowest BCUT2D eigenvalue weighted by Gasteiger charge is -2.11. The topological polar surface area (TPSA) is 50.4 Å². The zero-order valence-corrected chi connectivity index (χ0v) is 17.9. The van der Waals surface area contributed by atoms with Gasteiger partial charge in [0.15, 0.2) is 5.11 Å². The molecule has 0 aliphatic carbocycles. The number of hydrogen-bond acceptors (Lipinski definition) is 3. The van der Waals surface area contributed by atoms with E-state index in [4.69, 9.17) is 17.0 Å². The Kier molecular flexibility index (Phi) is 9.28. The van der Waals surface area contributed by atoms with E-state index in [2.05, 4.69) is 33.5 Å². The van der Waals surface area contributed by atoms with Crippen LogP contribution >= 0.6 is 28.1 Å². The third kappa shape index (κ3) is 8.10. The summed E-state index contributed by atoms with van der Waals surface area (Å²) in [4.78, 5) is 12.1. The molecule has 0 radical (unpaired) electrons. The molecule has 0 fully saturated rings. The third-order valence-corrected chi connectivity index (χ3v) is 4.70. The molecule has 2 N–H and O–H groups in total. The van der Waals surface area contributed by atoms with E-state index in [1.54, 1.807) is 12.1 Å². The number of anilines is 1. The molecule has 27 heavy (non-hydrogen) atoms. The van der Waals surface area contributed by atoms with Gasteiger partial charge in [-0.25, -0.2) is 0 Å². The molecule has 0 aliphatic heterocycles. The molecule has 2 aromatic carbocycles. The van der Waals surface area contributed by atoms with E-state index in [1.165, 1.54) is 25.7 Å². The van der Waals surface area contributed by atoms with Crippen molar-refractivity contribution >= 4 is 44.9 Å². The Labute approximate surface area is 174 Å². The third-order valence-electron chi connectivity index (χ3n) is 3.96. The molecule has 4 nitrogen and oxygen atoms in total. The van der Waals surface area contributed by atoms with Gasteiger partial charge >= 0.3 is 0 Å². The molecule has 0 saturated heterocycles. The van der Waals surface area contributed by atoms with Crippen LogP contribution < -0.4 is 15.4 Å². The summed E-state index contributed by atoms with van der Waals surface area (Å²) in [5.41, 5.74) is 1.34. The largest absolute Gasteiger partial charge is 0.494 e. The predicted molar refractivity (Wildman–Crippen MR) is 119 cm³/mol. The zero-order chi connectivity index (χ0) is 19.5. The van der Waals surface area contributed by atoms with Gasteiger partial charge < -0.3 is 10.1 Å². The summed E-state index contributed by atoms with van der Waals surface area (Å²) in [5.74, 6) is 0.587. The first kappa shape index (κ1) is 21.4. The molecule has 0 unspecified atom stereocenters. The standard InChI is InChI=1S/C21H25BrN2O2S/c1-2-3-4-5-6-15-26-19-13-11-18(12-14-19)23-21(27)24-20(25)16-7-9-17(22)10-8-16/h7-14H,2-6,15H2,1H3,(H2,23,24,25,27). The van der Waals surface area contributed by atoms with E-state index in [9.17, 15) is 4.79 Å². The molecule has 0 spiro atoms. The first-order valence-electron chi connectivity index (χ1n) is 9.19. The average Bonchev–Trinajstić information content (AvgIpc) is 2.66. The lowest BCUT2D eigenvalue weighted by molar-refractivity contribution is 0.0977. The normalized spacial score (nSPS) is 10.3. The molecule has 2 aromatic rings. The minimum atomic E-state index is -0.247. The van der Waals surface area contributed by atoms with Gasteiger partial charge in [-0.3, -0.25) is 10.1 Å². The predicted octanol–water partition coefficient (Wildman–Crippen LogP) is 5.93. The second-order valence-electron chi connectivity index (χ2n) is 6.20. The van der Waals surface area contributed by atoms with Gasteiger partial charge in [0.2, 0.25) is 0 Å². The molecule has 6 heteroatoms. The van der Waals surface area contributed by atoms with Crippen LogP contribution in [0.1, 0.15) is 49.4 Å². The summed E-state index contributed by atoms with van der Waals surface area (Å²) >= 11 is 8.55. The Morgan fingerprint density at radius 2 is 1.67 bits per heavy atom. The van der Waals surface area contributed by atoms with Crippen LogP contribution in [0.3, 0.4) is 0 Å². The lowest BCUT2D eigenvalue weighted by atomic mass is 10.2. The fourth-order valence-electron chi connectivity index (χ4n) is 2.47. The smallest absolute Gasteiger partial charge is 0.257 e. The fourth-order valence-corrected chi connectivity index (χ4v) is 2.94. The first-order chi connectivity index (χ1) is 13.1. The second kappa shape index (κ2) is 11.7. The monoisotopic (exact) mass is 448 g/mol. The molecular weight excluding hydrogens is 424 g/mol. The maximum absolute atomic E-state index is 12.1. The van der Waals surface area contributed by atoms with E-state index in [1.807, 2.05) is 36.4 Å². The molecule has 0 aromatic heterocycles. The van der Waals surface area contributed by atoms with Crippen molar-refractivity contribution in [3.63, 3.8) is 0 Å². The number of thiocarbonyl (C=S) groups is 1. The zero-order valence-electron chi connectivity index (χ0n) is 15.5. The average molecular weight is 449 g/mol. The molecule has 0 heterocycles. The molecule has 0 aliphatic rings. The molecule has 2 rings (SSSR count). The van der Waals surface area contributed by atoms with E-state index in [-0.39, 0.29) is 11.0 Å². The highest BCUT2D eigenvalue weighted by Crippen LogP contribution is 2.16. The van der Waals surface area contributed by atoms with Gasteiger partial charge in [0, 0.05) is 15.7 Å². The minimum absolute atomic E-state index is 0.247. The number of rotatable bonds is 9. The summed E-state index contributed by atoms with van der Waals surface area (Å²) in [6, 6.07) is 14.6. The van der Waals surface area contributed by atoms with Crippen molar-refractivity contribution in [3.8, 4) is 5.75 Å². The summed E-state index contributed by atoms with van der Waals surface area (Å²) in [7, 11) is 0. The molecule has 1 amide bonds. The van der Waals surface area contributed by atoms with E-state index in [0.717, 1.165) is 28.9 Å². The van der Waals surface area contributed by atoms with Crippen LogP contribution in [-0.2, 0) is 0 Å². The molecule has 0 bridgehead atoms. The van der Waals surface area contributed by atoms with Crippen molar-refractivity contribution in [1.29, 1.82) is 0 Å². The number of benzene rings is 2. The van der Waals surface area contributed by atoms with Gasteiger partial charge in [-0.1, -0.05) is 48.5 Å². The van der Waals surface area contributed by atoms with Crippen molar-refractivity contribution in [2.45, 2.75) is 39.0 Å². The van der Waals surface area contributed by atoms with Gasteiger partial charge in [0.25, 0.3) is 5.91 Å². The molecule has 144 valence electrons. The van der Waals surface area contributed by atoms with E-state index < -0.39 is 0 Å². The molecule has 0 atom stereocenters. The van der Waals surface area contributed by atoms with Gasteiger partial charge in [0.1, 0.15) is 5.75 Å². The van der Waals surface area contributed by atoms with Crippen molar-refractivity contribution in [3.05, 3.63) is 58.6 Å². The second-order valence-corrected chi connectivity index (χ2v) is 7.53. The maximum atomic E-state index is 12.1.